The summed E-state index contributed by atoms with van der Waals surface area (Å²) in [5.41, 5.74) is 2.12. The first-order valence-electron chi connectivity index (χ1n) is 9.83. The molecule has 0 saturated carbocycles. The first kappa shape index (κ1) is 18.0. The van der Waals surface area contributed by atoms with Gasteiger partial charge in [-0.3, -0.25) is 0 Å². The quantitative estimate of drug-likeness (QED) is 0.424. The fourth-order valence-corrected chi connectivity index (χ4v) is 4.64. The van der Waals surface area contributed by atoms with Crippen molar-refractivity contribution >= 4 is 32.3 Å². The van der Waals surface area contributed by atoms with Gasteiger partial charge in [0.2, 0.25) is 0 Å². The largest absolute Gasteiger partial charge is 0.496 e. The number of aliphatic hydroxyl groups is 1. The molecule has 0 unspecified atom stereocenters. The lowest BCUT2D eigenvalue weighted by molar-refractivity contribution is -0.689. The van der Waals surface area contributed by atoms with Crippen molar-refractivity contribution < 1.29 is 23.9 Å². The van der Waals surface area contributed by atoms with Crippen LogP contribution < -0.4 is 18.8 Å². The number of aryl methyl sites for hydroxylation is 2. The molecule has 3 aromatic carbocycles. The van der Waals surface area contributed by atoms with E-state index in [2.05, 4.69) is 22.9 Å². The zero-order chi connectivity index (χ0) is 20.1. The van der Waals surface area contributed by atoms with Crippen LogP contribution >= 0.6 is 0 Å². The summed E-state index contributed by atoms with van der Waals surface area (Å²) in [4.78, 5) is 0. The van der Waals surface area contributed by atoms with E-state index in [0.29, 0.717) is 17.2 Å². The molecule has 148 valence electrons. The van der Waals surface area contributed by atoms with Gasteiger partial charge in [0.1, 0.15) is 12.3 Å². The third kappa shape index (κ3) is 2.61. The van der Waals surface area contributed by atoms with Gasteiger partial charge in [-0.15, -0.1) is 0 Å². The number of aliphatic hydroxyl groups excluding tert-OH is 1. The van der Waals surface area contributed by atoms with E-state index in [1.165, 1.54) is 22.9 Å². The molecular formula is C24H24NO4+. The third-order valence-corrected chi connectivity index (χ3v) is 6.07. The van der Waals surface area contributed by atoms with Gasteiger partial charge in [0.25, 0.3) is 0 Å². The molecule has 1 aliphatic rings. The first-order valence-corrected chi connectivity index (χ1v) is 9.83. The second kappa shape index (κ2) is 6.78. The number of pyridine rings is 1. The molecule has 1 N–H and O–H groups in total. The monoisotopic (exact) mass is 390 g/mol. The molecule has 2 heterocycles. The summed E-state index contributed by atoms with van der Waals surface area (Å²) in [6.07, 6.45) is 4.52. The lowest BCUT2D eigenvalue weighted by Gasteiger charge is -2.16. The Hall–Kier alpha value is -3.05. The highest BCUT2D eigenvalue weighted by atomic mass is 16.5. The van der Waals surface area contributed by atoms with Gasteiger partial charge in [-0.05, 0) is 40.4 Å². The second-order valence-electron chi connectivity index (χ2n) is 7.51. The van der Waals surface area contributed by atoms with Gasteiger partial charge in [0.05, 0.1) is 33.3 Å². The van der Waals surface area contributed by atoms with Crippen LogP contribution in [0.15, 0.2) is 36.5 Å². The van der Waals surface area contributed by atoms with Crippen molar-refractivity contribution in [1.82, 2.24) is 0 Å². The smallest absolute Gasteiger partial charge is 0.182 e. The Kier molecular flexibility index (Phi) is 4.21. The molecule has 0 fully saturated rings. The molecule has 1 aromatic heterocycles. The Balaban J connectivity index is 2.03. The number of fused-ring (bicyclic) bond motifs is 7. The minimum absolute atomic E-state index is 0.0774. The Morgan fingerprint density at radius 1 is 0.759 bits per heavy atom. The van der Waals surface area contributed by atoms with Crippen LogP contribution in [0.3, 0.4) is 0 Å². The number of benzene rings is 3. The van der Waals surface area contributed by atoms with E-state index in [4.69, 9.17) is 14.2 Å². The van der Waals surface area contributed by atoms with Gasteiger partial charge in [-0.2, -0.15) is 0 Å². The maximum absolute atomic E-state index is 9.88. The van der Waals surface area contributed by atoms with Crippen LogP contribution in [0, 0.1) is 0 Å². The minimum atomic E-state index is -0.0774. The van der Waals surface area contributed by atoms with Crippen molar-refractivity contribution in [2.45, 2.75) is 26.0 Å². The highest BCUT2D eigenvalue weighted by Gasteiger charge is 2.23. The maximum Gasteiger partial charge on any atom is 0.182 e. The van der Waals surface area contributed by atoms with Crippen LogP contribution in [-0.2, 0) is 19.6 Å². The predicted octanol–water partition coefficient (Wildman–Crippen LogP) is 3.90. The molecule has 5 rings (SSSR count). The van der Waals surface area contributed by atoms with Crippen molar-refractivity contribution in [1.29, 1.82) is 0 Å². The Labute approximate surface area is 169 Å². The maximum atomic E-state index is 9.88. The fourth-order valence-electron chi connectivity index (χ4n) is 4.64. The average molecular weight is 390 g/mol. The molecule has 4 aromatic rings. The average Bonchev–Trinajstić information content (AvgIpc) is 3.23. The summed E-state index contributed by atoms with van der Waals surface area (Å²) in [6, 6.07) is 10.5. The molecular weight excluding hydrogens is 366 g/mol. The van der Waals surface area contributed by atoms with E-state index >= 15 is 0 Å². The van der Waals surface area contributed by atoms with E-state index in [0.717, 1.165) is 40.1 Å². The van der Waals surface area contributed by atoms with Crippen molar-refractivity contribution in [3.05, 3.63) is 47.8 Å². The number of hydrogen-bond donors (Lipinski definition) is 1. The number of hydrogen-bond acceptors (Lipinski definition) is 4. The van der Waals surface area contributed by atoms with Gasteiger partial charge >= 0.3 is 0 Å². The molecule has 0 bridgehead atoms. The second-order valence-corrected chi connectivity index (χ2v) is 7.51. The van der Waals surface area contributed by atoms with Crippen LogP contribution in [0.25, 0.3) is 32.3 Å². The van der Waals surface area contributed by atoms with Gasteiger partial charge in [0.15, 0.2) is 23.4 Å². The van der Waals surface area contributed by atoms with Crippen molar-refractivity contribution in [3.8, 4) is 17.2 Å². The summed E-state index contributed by atoms with van der Waals surface area (Å²) >= 11 is 0. The molecule has 5 nitrogen and oxygen atoms in total. The summed E-state index contributed by atoms with van der Waals surface area (Å²) in [6.45, 7) is 0.969. The summed E-state index contributed by atoms with van der Waals surface area (Å²) in [5, 5.41) is 16.6. The number of nitrogens with zero attached hydrogens (tertiary/aromatic N) is 1. The third-order valence-electron chi connectivity index (χ3n) is 6.07. The lowest BCUT2D eigenvalue weighted by atomic mass is 9.93. The SMILES string of the molecule is COc1cc2c(cc1CO)c1cc(OC)c(OC)cc1c1c[n+]3c(cc21)CCC3. The Bertz CT molecular complexity index is 1180. The van der Waals surface area contributed by atoms with Crippen molar-refractivity contribution in [2.75, 3.05) is 21.3 Å². The highest BCUT2D eigenvalue weighted by Crippen LogP contribution is 2.42. The molecule has 0 amide bonds. The number of rotatable bonds is 4. The van der Waals surface area contributed by atoms with Crippen molar-refractivity contribution in [2.24, 2.45) is 0 Å². The van der Waals surface area contributed by atoms with Crippen LogP contribution in [0.4, 0.5) is 0 Å². The lowest BCUT2D eigenvalue weighted by Crippen LogP contribution is -2.32. The number of aromatic nitrogens is 1. The van der Waals surface area contributed by atoms with Crippen molar-refractivity contribution in [3.63, 3.8) is 0 Å². The highest BCUT2D eigenvalue weighted by molar-refractivity contribution is 6.25. The molecule has 0 spiro atoms. The number of ether oxygens (including phenoxy) is 3. The van der Waals surface area contributed by atoms with Crippen LogP contribution in [-0.4, -0.2) is 26.4 Å². The molecule has 5 heteroatoms. The summed E-state index contributed by atoms with van der Waals surface area (Å²) in [5.74, 6) is 2.10. The zero-order valence-corrected chi connectivity index (χ0v) is 16.9. The van der Waals surface area contributed by atoms with E-state index in [1.807, 2.05) is 18.2 Å². The van der Waals surface area contributed by atoms with Gasteiger partial charge in [-0.25, -0.2) is 4.57 Å². The topological polar surface area (TPSA) is 51.8 Å². The van der Waals surface area contributed by atoms with Crippen LogP contribution in [0.1, 0.15) is 17.7 Å². The standard InChI is InChI=1S/C24H24NO4/c1-27-22-9-18-16(7-14(22)13-26)19-10-23(28-2)24(29-3)11-20(19)21-12-25-6-4-5-15(25)8-17(18)21/h7-12,26H,4-6,13H2,1-3H3/q+1. The Morgan fingerprint density at radius 2 is 1.31 bits per heavy atom. The van der Waals surface area contributed by atoms with E-state index in [9.17, 15) is 5.11 Å². The molecule has 29 heavy (non-hydrogen) atoms. The zero-order valence-electron chi connectivity index (χ0n) is 16.9. The normalized spacial score (nSPS) is 13.2. The van der Waals surface area contributed by atoms with E-state index < -0.39 is 0 Å². The molecule has 1 aliphatic heterocycles. The van der Waals surface area contributed by atoms with Gasteiger partial charge in [-0.1, -0.05) is 0 Å². The Morgan fingerprint density at radius 3 is 1.93 bits per heavy atom. The molecule has 0 radical (unpaired) electrons. The van der Waals surface area contributed by atoms with Gasteiger partial charge < -0.3 is 19.3 Å². The number of methoxy groups -OCH3 is 3. The minimum Gasteiger partial charge on any atom is -0.496 e. The first-order chi connectivity index (χ1) is 14.2. The summed E-state index contributed by atoms with van der Waals surface area (Å²) < 4.78 is 19.1. The van der Waals surface area contributed by atoms with E-state index in [1.54, 1.807) is 21.3 Å². The van der Waals surface area contributed by atoms with Gasteiger partial charge in [0, 0.05) is 35.2 Å². The van der Waals surface area contributed by atoms with Crippen LogP contribution in [0.2, 0.25) is 0 Å². The summed E-state index contributed by atoms with van der Waals surface area (Å²) in [7, 11) is 4.96. The predicted molar refractivity (Wildman–Crippen MR) is 113 cm³/mol. The van der Waals surface area contributed by atoms with Crippen LogP contribution in [0.5, 0.6) is 17.2 Å². The molecule has 0 atom stereocenters. The molecule has 0 saturated heterocycles. The van der Waals surface area contributed by atoms with E-state index in [-0.39, 0.29) is 6.61 Å². The fraction of sp³-hybridized carbons (Fsp3) is 0.292. The molecule has 0 aliphatic carbocycles.